The van der Waals surface area contributed by atoms with Crippen LogP contribution in [0.5, 0.6) is 0 Å². The summed E-state index contributed by atoms with van der Waals surface area (Å²) in [5, 5.41) is 5.22. The van der Waals surface area contributed by atoms with Crippen molar-refractivity contribution in [1.82, 2.24) is 19.9 Å². The van der Waals surface area contributed by atoms with Crippen molar-refractivity contribution in [2.24, 2.45) is 0 Å². The lowest BCUT2D eigenvalue weighted by atomic mass is 9.99. The van der Waals surface area contributed by atoms with Gasteiger partial charge in [-0.2, -0.15) is 0 Å². The molecule has 0 unspecified atom stereocenters. The number of hydrogen-bond acceptors (Lipinski definition) is 5. The molecule has 0 radical (unpaired) electrons. The Morgan fingerprint density at radius 3 is 2.70 bits per heavy atom. The van der Waals surface area contributed by atoms with Crippen molar-refractivity contribution in [1.29, 1.82) is 0 Å². The smallest absolute Gasteiger partial charge is 0.133 e. The third-order valence-corrected chi connectivity index (χ3v) is 7.94. The highest BCUT2D eigenvalue weighted by Crippen LogP contribution is 2.32. The Labute approximate surface area is 240 Å². The third-order valence-electron chi connectivity index (χ3n) is 7.04. The second kappa shape index (κ2) is 13.9. The van der Waals surface area contributed by atoms with Crippen LogP contribution >= 0.6 is 11.3 Å². The number of nitrogens with one attached hydrogen (secondary N) is 2. The summed E-state index contributed by atoms with van der Waals surface area (Å²) in [6.45, 7) is 8.99. The summed E-state index contributed by atoms with van der Waals surface area (Å²) < 4.78 is 15.3. The van der Waals surface area contributed by atoms with Crippen molar-refractivity contribution in [2.75, 3.05) is 25.5 Å². The summed E-state index contributed by atoms with van der Waals surface area (Å²) >= 11 is 1.68. The van der Waals surface area contributed by atoms with Crippen LogP contribution in [0, 0.1) is 25.6 Å². The molecule has 206 valence electrons. The van der Waals surface area contributed by atoms with E-state index in [1.165, 1.54) is 19.3 Å². The van der Waals surface area contributed by atoms with E-state index in [4.69, 9.17) is 4.98 Å². The summed E-state index contributed by atoms with van der Waals surface area (Å²) in [4.78, 5) is 16.5. The van der Waals surface area contributed by atoms with Gasteiger partial charge in [0, 0.05) is 65.4 Å². The maximum atomic E-state index is 15.3. The molecule has 0 spiro atoms. The van der Waals surface area contributed by atoms with Gasteiger partial charge in [-0.15, -0.1) is 24.2 Å². The highest BCUT2D eigenvalue weighted by Gasteiger charge is 2.18. The maximum Gasteiger partial charge on any atom is 0.133 e. The molecule has 5 rings (SSSR count). The molecule has 1 fully saturated rings. The Balaban J connectivity index is 0.00000181. The van der Waals surface area contributed by atoms with Crippen molar-refractivity contribution >= 4 is 22.6 Å². The molecule has 4 heterocycles. The van der Waals surface area contributed by atoms with Crippen LogP contribution in [0.4, 0.5) is 10.1 Å². The monoisotopic (exact) mass is 553 g/mol. The maximum absolute atomic E-state index is 15.3. The summed E-state index contributed by atoms with van der Waals surface area (Å²) in [6, 6.07) is 9.71. The van der Waals surface area contributed by atoms with Gasteiger partial charge in [-0.05, 0) is 73.6 Å². The number of pyridine rings is 1. The van der Waals surface area contributed by atoms with Gasteiger partial charge in [0.1, 0.15) is 11.6 Å². The molecule has 0 aliphatic carbocycles. The minimum atomic E-state index is -0.264. The molecule has 4 aromatic rings. The standard InChI is InChI=1S/C31H34FN5S.C2H2/c1-4-9-25(29-10-8-13-38-29)31-21(2)35-30(36-31)16-23-15-26(27(32)17-28(23)33-3)24-14-22(18-34-19-24)20-37-11-6-5-7-12-37;1-2/h4,8-10,13-15,17-19,33H,1,5-7,11-12,16,20H2,2-3H3,(H,35,36);1-2H/b25-9-;. The fraction of sp³-hybridized carbons (Fsp3) is 0.273. The number of nitrogens with zero attached hydrogens (tertiary/aromatic N) is 3. The van der Waals surface area contributed by atoms with Crippen LogP contribution in [0.2, 0.25) is 0 Å². The number of aromatic amines is 1. The lowest BCUT2D eigenvalue weighted by molar-refractivity contribution is 0.220. The van der Waals surface area contributed by atoms with Crippen molar-refractivity contribution in [2.45, 2.75) is 39.2 Å². The van der Waals surface area contributed by atoms with Crippen LogP contribution in [-0.4, -0.2) is 40.0 Å². The van der Waals surface area contributed by atoms with Crippen LogP contribution in [0.3, 0.4) is 0 Å². The number of piperidine rings is 1. The van der Waals surface area contributed by atoms with Gasteiger partial charge >= 0.3 is 0 Å². The second-order valence-corrected chi connectivity index (χ2v) is 10.7. The fourth-order valence-electron chi connectivity index (χ4n) is 5.19. The molecule has 0 bridgehead atoms. The average Bonchev–Trinajstić information content (AvgIpc) is 3.64. The van der Waals surface area contributed by atoms with E-state index in [9.17, 15) is 0 Å². The van der Waals surface area contributed by atoms with Gasteiger partial charge in [0.15, 0.2) is 0 Å². The molecule has 1 aromatic carbocycles. The zero-order chi connectivity index (χ0) is 28.5. The number of thiophene rings is 1. The van der Waals surface area contributed by atoms with Crippen LogP contribution in [0.1, 0.15) is 52.5 Å². The van der Waals surface area contributed by atoms with E-state index in [1.807, 2.05) is 38.4 Å². The number of halogens is 1. The second-order valence-electron chi connectivity index (χ2n) is 9.79. The minimum Gasteiger partial charge on any atom is -0.388 e. The van der Waals surface area contributed by atoms with Crippen molar-refractivity contribution < 1.29 is 4.39 Å². The largest absolute Gasteiger partial charge is 0.388 e. The first-order valence-corrected chi connectivity index (χ1v) is 14.4. The number of benzene rings is 1. The number of anilines is 1. The number of terminal acetylenes is 1. The zero-order valence-electron chi connectivity index (χ0n) is 23.2. The predicted molar refractivity (Wildman–Crippen MR) is 166 cm³/mol. The van der Waals surface area contributed by atoms with E-state index in [-0.39, 0.29) is 5.82 Å². The Bertz CT molecular complexity index is 1480. The Morgan fingerprint density at radius 2 is 2.00 bits per heavy atom. The number of rotatable bonds is 9. The van der Waals surface area contributed by atoms with E-state index >= 15 is 4.39 Å². The van der Waals surface area contributed by atoms with E-state index in [1.54, 1.807) is 29.7 Å². The van der Waals surface area contributed by atoms with Crippen LogP contribution in [0.25, 0.3) is 16.7 Å². The summed E-state index contributed by atoms with van der Waals surface area (Å²) in [7, 11) is 1.82. The van der Waals surface area contributed by atoms with Gasteiger partial charge in [-0.25, -0.2) is 9.37 Å². The van der Waals surface area contributed by atoms with Crippen molar-refractivity contribution in [3.05, 3.63) is 106 Å². The van der Waals surface area contributed by atoms with Crippen LogP contribution in [-0.2, 0) is 13.0 Å². The molecule has 0 saturated carbocycles. The molecule has 2 N–H and O–H groups in total. The Kier molecular flexibility index (Phi) is 10.1. The number of hydrogen-bond donors (Lipinski definition) is 2. The molecule has 1 saturated heterocycles. The number of aromatic nitrogens is 3. The van der Waals surface area contributed by atoms with Gasteiger partial charge in [-0.3, -0.25) is 9.88 Å². The molecular weight excluding hydrogens is 517 g/mol. The van der Waals surface area contributed by atoms with E-state index in [2.05, 4.69) is 57.1 Å². The van der Waals surface area contributed by atoms with E-state index in [0.29, 0.717) is 12.0 Å². The molecule has 40 heavy (non-hydrogen) atoms. The summed E-state index contributed by atoms with van der Waals surface area (Å²) in [5.41, 5.74) is 7.13. The van der Waals surface area contributed by atoms with Crippen LogP contribution in [0.15, 0.2) is 66.8 Å². The summed E-state index contributed by atoms with van der Waals surface area (Å²) in [6.07, 6.45) is 19.8. The molecule has 5 nitrogen and oxygen atoms in total. The molecular formula is C33H36FN5S. The van der Waals surface area contributed by atoms with Gasteiger partial charge in [0.05, 0.1) is 5.69 Å². The highest BCUT2D eigenvalue weighted by atomic mass is 32.1. The average molecular weight is 554 g/mol. The highest BCUT2D eigenvalue weighted by molar-refractivity contribution is 7.11. The van der Waals surface area contributed by atoms with Crippen molar-refractivity contribution in [3.8, 4) is 24.0 Å². The number of likely N-dealkylation sites (tertiary alicyclic amines) is 1. The molecule has 1 aliphatic rings. The van der Waals surface area contributed by atoms with E-state index < -0.39 is 0 Å². The molecule has 1 aliphatic heterocycles. The number of imidazole rings is 1. The van der Waals surface area contributed by atoms with Gasteiger partial charge < -0.3 is 10.3 Å². The van der Waals surface area contributed by atoms with Gasteiger partial charge in [-0.1, -0.05) is 31.2 Å². The zero-order valence-corrected chi connectivity index (χ0v) is 24.0. The quantitative estimate of drug-likeness (QED) is 0.167. The Hall–Kier alpha value is -3.99. The lowest BCUT2D eigenvalue weighted by Gasteiger charge is -2.26. The first-order chi connectivity index (χ1) is 19.6. The molecule has 3 aromatic heterocycles. The molecule has 7 heteroatoms. The number of H-pyrrole nitrogens is 1. The minimum absolute atomic E-state index is 0.264. The SMILES string of the molecule is C#C.C=C/C=C(/c1cccs1)c1nc(Cc2cc(-c3cncc(CN4CCCCC4)c3)c(F)cc2NC)[nH]c1C. The van der Waals surface area contributed by atoms with Crippen molar-refractivity contribution in [3.63, 3.8) is 0 Å². The predicted octanol–water partition coefficient (Wildman–Crippen LogP) is 7.47. The summed E-state index contributed by atoms with van der Waals surface area (Å²) in [5.74, 6) is 0.565. The van der Waals surface area contributed by atoms with Gasteiger partial charge in [0.25, 0.3) is 0 Å². The van der Waals surface area contributed by atoms with Gasteiger partial charge in [0.2, 0.25) is 0 Å². The van der Waals surface area contributed by atoms with Crippen LogP contribution < -0.4 is 5.32 Å². The third kappa shape index (κ3) is 6.77. The lowest BCUT2D eigenvalue weighted by Crippen LogP contribution is -2.29. The molecule has 0 amide bonds. The number of allylic oxidation sites excluding steroid dienone is 2. The number of aryl methyl sites for hydroxylation is 1. The fourth-order valence-corrected chi connectivity index (χ4v) is 5.94. The molecule has 0 atom stereocenters. The first-order valence-electron chi connectivity index (χ1n) is 13.5. The Morgan fingerprint density at radius 1 is 1.20 bits per heavy atom. The first kappa shape index (κ1) is 29.0. The van der Waals surface area contributed by atoms with E-state index in [0.717, 1.165) is 69.7 Å². The topological polar surface area (TPSA) is 56.8 Å². The normalized spacial score (nSPS) is 13.9.